The molecule has 0 aromatic heterocycles. The zero-order chi connectivity index (χ0) is 20.4. The molecular formula is C17H15F4NO4S. The fourth-order valence-corrected chi connectivity index (χ4v) is 3.69. The van der Waals surface area contributed by atoms with E-state index in [1.54, 1.807) is 0 Å². The minimum absolute atomic E-state index is 0.00649. The molecule has 0 bridgehead atoms. The Kier molecular flexibility index (Phi) is 5.79. The van der Waals surface area contributed by atoms with Gasteiger partial charge in [0.05, 0.1) is 17.5 Å². The van der Waals surface area contributed by atoms with Crippen LogP contribution in [0.4, 0.5) is 23.2 Å². The van der Waals surface area contributed by atoms with E-state index in [1.165, 1.54) is 6.07 Å². The molecule has 27 heavy (non-hydrogen) atoms. The standard InChI is InChI=1S/C17H15F4NO4S/c1-27(25,26)22(14-7-5-13(18)6-8-14)15(16(23)24)10-11-3-2-4-12(9-11)17(19,20)21/h2-9,15H,10H2,1H3,(H,23,24)/t15-/m1/s1. The average Bonchev–Trinajstić information content (AvgIpc) is 2.54. The van der Waals surface area contributed by atoms with E-state index in [4.69, 9.17) is 0 Å². The summed E-state index contributed by atoms with van der Waals surface area (Å²) in [6.45, 7) is 0. The number of aliphatic carboxylic acids is 1. The summed E-state index contributed by atoms with van der Waals surface area (Å²) < 4.78 is 76.6. The van der Waals surface area contributed by atoms with Crippen LogP contribution in [-0.4, -0.2) is 31.8 Å². The van der Waals surface area contributed by atoms with Crippen LogP contribution >= 0.6 is 0 Å². The summed E-state index contributed by atoms with van der Waals surface area (Å²) in [6, 6.07) is 6.34. The predicted molar refractivity (Wildman–Crippen MR) is 90.3 cm³/mol. The van der Waals surface area contributed by atoms with E-state index in [1.807, 2.05) is 0 Å². The number of rotatable bonds is 6. The van der Waals surface area contributed by atoms with Crippen LogP contribution in [0.25, 0.3) is 0 Å². The fraction of sp³-hybridized carbons (Fsp3) is 0.235. The summed E-state index contributed by atoms with van der Waals surface area (Å²) in [6.07, 6.45) is -4.37. The molecule has 1 N–H and O–H groups in total. The molecule has 2 rings (SSSR count). The largest absolute Gasteiger partial charge is 0.480 e. The lowest BCUT2D eigenvalue weighted by atomic mass is 10.0. The summed E-state index contributed by atoms with van der Waals surface area (Å²) in [5.74, 6) is -2.21. The quantitative estimate of drug-likeness (QED) is 0.749. The van der Waals surface area contributed by atoms with Gasteiger partial charge in [-0.25, -0.2) is 17.6 Å². The van der Waals surface area contributed by atoms with Gasteiger partial charge in [-0.3, -0.25) is 4.31 Å². The van der Waals surface area contributed by atoms with Crippen molar-refractivity contribution in [3.05, 3.63) is 65.5 Å². The fourth-order valence-electron chi connectivity index (χ4n) is 2.56. The molecule has 1 atom stereocenters. The molecule has 0 aliphatic carbocycles. The maximum atomic E-state index is 13.1. The second kappa shape index (κ2) is 7.55. The van der Waals surface area contributed by atoms with Gasteiger partial charge in [0, 0.05) is 6.42 Å². The van der Waals surface area contributed by atoms with Crippen molar-refractivity contribution in [3.63, 3.8) is 0 Å². The van der Waals surface area contributed by atoms with Crippen molar-refractivity contribution in [1.29, 1.82) is 0 Å². The number of sulfonamides is 1. The first-order valence-electron chi connectivity index (χ1n) is 7.53. The topological polar surface area (TPSA) is 74.7 Å². The van der Waals surface area contributed by atoms with Gasteiger partial charge >= 0.3 is 12.1 Å². The first-order valence-corrected chi connectivity index (χ1v) is 9.38. The van der Waals surface area contributed by atoms with Crippen LogP contribution in [0.5, 0.6) is 0 Å². The Morgan fingerprint density at radius 3 is 2.22 bits per heavy atom. The van der Waals surface area contributed by atoms with Crippen molar-refractivity contribution in [3.8, 4) is 0 Å². The molecule has 5 nitrogen and oxygen atoms in total. The van der Waals surface area contributed by atoms with Gasteiger partial charge in [0.25, 0.3) is 0 Å². The number of carboxylic acids is 1. The Balaban J connectivity index is 2.48. The molecule has 146 valence electrons. The third kappa shape index (κ3) is 5.19. The van der Waals surface area contributed by atoms with Gasteiger partial charge in [0.15, 0.2) is 0 Å². The molecule has 0 saturated heterocycles. The zero-order valence-electron chi connectivity index (χ0n) is 13.9. The van der Waals surface area contributed by atoms with Gasteiger partial charge in [0.1, 0.15) is 11.9 Å². The Morgan fingerprint density at radius 2 is 1.74 bits per heavy atom. The Morgan fingerprint density at radius 1 is 1.15 bits per heavy atom. The van der Waals surface area contributed by atoms with E-state index < -0.39 is 46.0 Å². The van der Waals surface area contributed by atoms with Gasteiger partial charge < -0.3 is 5.11 Å². The Bertz CT molecular complexity index is 927. The molecule has 0 radical (unpaired) electrons. The summed E-state index contributed by atoms with van der Waals surface area (Å²) in [4.78, 5) is 11.7. The second-order valence-electron chi connectivity index (χ2n) is 5.79. The van der Waals surface area contributed by atoms with Crippen molar-refractivity contribution in [2.75, 3.05) is 10.6 Å². The highest BCUT2D eigenvalue weighted by Gasteiger charge is 2.34. The van der Waals surface area contributed by atoms with Crippen LogP contribution in [0, 0.1) is 5.82 Å². The lowest BCUT2D eigenvalue weighted by Gasteiger charge is -2.29. The number of halogens is 4. The number of anilines is 1. The Labute approximate surface area is 152 Å². The number of hydrogen-bond acceptors (Lipinski definition) is 3. The summed E-state index contributed by atoms with van der Waals surface area (Å²) in [7, 11) is -4.13. The van der Waals surface area contributed by atoms with E-state index in [-0.39, 0.29) is 11.3 Å². The van der Waals surface area contributed by atoms with E-state index in [0.717, 1.165) is 48.7 Å². The normalized spacial score (nSPS) is 13.2. The molecular weight excluding hydrogens is 390 g/mol. The maximum Gasteiger partial charge on any atom is 0.416 e. The molecule has 2 aromatic carbocycles. The maximum absolute atomic E-state index is 13.1. The molecule has 0 amide bonds. The highest BCUT2D eigenvalue weighted by atomic mass is 32.2. The smallest absolute Gasteiger partial charge is 0.416 e. The van der Waals surface area contributed by atoms with Crippen LogP contribution in [0.2, 0.25) is 0 Å². The summed E-state index contributed by atoms with van der Waals surface area (Å²) in [5, 5.41) is 9.51. The van der Waals surface area contributed by atoms with Gasteiger partial charge in [-0.2, -0.15) is 13.2 Å². The van der Waals surface area contributed by atoms with Crippen molar-refractivity contribution in [2.24, 2.45) is 0 Å². The van der Waals surface area contributed by atoms with Crippen LogP contribution < -0.4 is 4.31 Å². The van der Waals surface area contributed by atoms with Gasteiger partial charge in [0.2, 0.25) is 10.0 Å². The van der Waals surface area contributed by atoms with Crippen molar-refractivity contribution in [1.82, 2.24) is 0 Å². The molecule has 0 unspecified atom stereocenters. The number of carbonyl (C=O) groups is 1. The first-order chi connectivity index (χ1) is 12.4. The van der Waals surface area contributed by atoms with Gasteiger partial charge in [-0.15, -0.1) is 0 Å². The summed E-state index contributed by atoms with van der Waals surface area (Å²) in [5.41, 5.74) is -1.09. The predicted octanol–water partition coefficient (Wildman–Crippen LogP) is 3.31. The van der Waals surface area contributed by atoms with E-state index in [0.29, 0.717) is 4.31 Å². The number of carboxylic acid groups (broad SMARTS) is 1. The molecule has 0 spiro atoms. The lowest BCUT2D eigenvalue weighted by Crippen LogP contribution is -2.46. The third-order valence-electron chi connectivity index (χ3n) is 3.69. The zero-order valence-corrected chi connectivity index (χ0v) is 14.8. The van der Waals surface area contributed by atoms with Gasteiger partial charge in [-0.05, 0) is 35.9 Å². The first kappa shape index (κ1) is 20.7. The highest BCUT2D eigenvalue weighted by Crippen LogP contribution is 2.30. The second-order valence-corrected chi connectivity index (χ2v) is 7.65. The minimum atomic E-state index is -4.62. The minimum Gasteiger partial charge on any atom is -0.480 e. The molecule has 0 aliphatic heterocycles. The monoisotopic (exact) mass is 405 g/mol. The molecule has 0 aliphatic rings. The molecule has 0 saturated carbocycles. The average molecular weight is 405 g/mol. The SMILES string of the molecule is CS(=O)(=O)N(c1ccc(F)cc1)[C@H](Cc1cccc(C(F)(F)F)c1)C(=O)O. The number of nitrogens with zero attached hydrogens (tertiary/aromatic N) is 1. The molecule has 10 heteroatoms. The highest BCUT2D eigenvalue weighted by molar-refractivity contribution is 7.92. The number of benzene rings is 2. The summed E-state index contributed by atoms with van der Waals surface area (Å²) >= 11 is 0. The van der Waals surface area contributed by atoms with Gasteiger partial charge in [-0.1, -0.05) is 18.2 Å². The molecule has 0 heterocycles. The Hall–Kier alpha value is -2.62. The molecule has 2 aromatic rings. The van der Waals surface area contributed by atoms with E-state index >= 15 is 0 Å². The number of hydrogen-bond donors (Lipinski definition) is 1. The van der Waals surface area contributed by atoms with Crippen LogP contribution in [0.3, 0.4) is 0 Å². The van der Waals surface area contributed by atoms with E-state index in [2.05, 4.69) is 0 Å². The van der Waals surface area contributed by atoms with Crippen molar-refractivity contribution >= 4 is 21.7 Å². The number of alkyl halides is 3. The third-order valence-corrected chi connectivity index (χ3v) is 4.87. The van der Waals surface area contributed by atoms with Crippen molar-refractivity contribution < 1.29 is 35.9 Å². The van der Waals surface area contributed by atoms with Crippen molar-refractivity contribution in [2.45, 2.75) is 18.6 Å². The lowest BCUT2D eigenvalue weighted by molar-refractivity contribution is -0.138. The van der Waals surface area contributed by atoms with E-state index in [9.17, 15) is 35.9 Å². The molecule has 0 fully saturated rings. The van der Waals surface area contributed by atoms with Crippen LogP contribution in [0.1, 0.15) is 11.1 Å². The van der Waals surface area contributed by atoms with Crippen LogP contribution in [-0.2, 0) is 27.4 Å². The van der Waals surface area contributed by atoms with Crippen LogP contribution in [0.15, 0.2) is 48.5 Å².